The van der Waals surface area contributed by atoms with Gasteiger partial charge in [-0.1, -0.05) is 24.3 Å². The summed E-state index contributed by atoms with van der Waals surface area (Å²) in [5, 5.41) is 3.87. The molecule has 166 valence electrons. The molecule has 0 aliphatic heterocycles. The number of hydrogen-bond donors (Lipinski definition) is 1. The lowest BCUT2D eigenvalue weighted by molar-refractivity contribution is -0.119. The van der Waals surface area contributed by atoms with E-state index in [2.05, 4.69) is 15.5 Å². The first kappa shape index (κ1) is 22.8. The van der Waals surface area contributed by atoms with Crippen molar-refractivity contribution in [2.45, 2.75) is 4.90 Å². The van der Waals surface area contributed by atoms with Gasteiger partial charge in [-0.3, -0.25) is 14.1 Å². The van der Waals surface area contributed by atoms with E-state index in [1.54, 1.807) is 48.8 Å². The van der Waals surface area contributed by atoms with Gasteiger partial charge in [0, 0.05) is 24.0 Å². The zero-order valence-electron chi connectivity index (χ0n) is 17.5. The number of sulfonamides is 1. The molecule has 0 fully saturated rings. The summed E-state index contributed by atoms with van der Waals surface area (Å²) in [6, 6.07) is 15.9. The number of benzene rings is 2. The van der Waals surface area contributed by atoms with E-state index in [9.17, 15) is 13.2 Å². The second-order valence-corrected chi connectivity index (χ2v) is 8.31. The van der Waals surface area contributed by atoms with Crippen molar-refractivity contribution in [2.24, 2.45) is 5.10 Å². The third-order valence-corrected chi connectivity index (χ3v) is 6.15. The standard InChI is InChI=1S/C22H22N4O5S/c1-30-20-11-10-18(13-21(20)31-2)26(32(28,29)19-8-4-3-5-9-19)16-22(27)25-24-15-17-7-6-12-23-14-17/h3-15H,16H2,1-2H3,(H,25,27)/b24-15-. The number of ether oxygens (including phenoxy) is 2. The fraction of sp³-hybridized carbons (Fsp3) is 0.136. The van der Waals surface area contributed by atoms with Gasteiger partial charge in [-0.15, -0.1) is 0 Å². The Kier molecular flexibility index (Phi) is 7.40. The SMILES string of the molecule is COc1ccc(N(CC(=O)N/N=C\c2cccnc2)S(=O)(=O)c2ccccc2)cc1OC. The van der Waals surface area contributed by atoms with Crippen LogP contribution in [0.25, 0.3) is 0 Å². The number of hydrazone groups is 1. The van der Waals surface area contributed by atoms with Crippen molar-refractivity contribution in [1.29, 1.82) is 0 Å². The van der Waals surface area contributed by atoms with Gasteiger partial charge in [0.25, 0.3) is 15.9 Å². The van der Waals surface area contributed by atoms with Crippen molar-refractivity contribution in [1.82, 2.24) is 10.4 Å². The molecule has 3 aromatic rings. The molecule has 0 aliphatic carbocycles. The van der Waals surface area contributed by atoms with E-state index in [4.69, 9.17) is 9.47 Å². The lowest BCUT2D eigenvalue weighted by atomic mass is 10.2. The third-order valence-electron chi connectivity index (χ3n) is 4.36. The second-order valence-electron chi connectivity index (χ2n) is 6.44. The summed E-state index contributed by atoms with van der Waals surface area (Å²) < 4.78 is 38.2. The number of carbonyl (C=O) groups is 1. The molecule has 0 radical (unpaired) electrons. The Bertz CT molecular complexity index is 1190. The van der Waals surface area contributed by atoms with Crippen molar-refractivity contribution >= 4 is 27.8 Å². The van der Waals surface area contributed by atoms with Gasteiger partial charge in [-0.2, -0.15) is 5.10 Å². The molecule has 9 nitrogen and oxygen atoms in total. The van der Waals surface area contributed by atoms with E-state index in [0.717, 1.165) is 4.31 Å². The van der Waals surface area contributed by atoms with Crippen molar-refractivity contribution < 1.29 is 22.7 Å². The Labute approximate surface area is 186 Å². The van der Waals surface area contributed by atoms with Gasteiger partial charge in [0.1, 0.15) is 6.54 Å². The van der Waals surface area contributed by atoms with E-state index in [0.29, 0.717) is 17.1 Å². The largest absolute Gasteiger partial charge is 0.493 e. The Morgan fingerprint density at radius 1 is 1.06 bits per heavy atom. The minimum Gasteiger partial charge on any atom is -0.493 e. The Morgan fingerprint density at radius 3 is 2.47 bits per heavy atom. The number of nitrogens with zero attached hydrogens (tertiary/aromatic N) is 3. The minimum atomic E-state index is -4.06. The van der Waals surface area contributed by atoms with E-state index >= 15 is 0 Å². The number of rotatable bonds is 9. The molecule has 0 saturated heterocycles. The number of carbonyl (C=O) groups excluding carboxylic acids is 1. The van der Waals surface area contributed by atoms with Crippen LogP contribution in [-0.4, -0.2) is 46.3 Å². The van der Waals surface area contributed by atoms with Crippen LogP contribution in [0.15, 0.2) is 83.1 Å². The smallest absolute Gasteiger partial charge is 0.264 e. The molecule has 0 spiro atoms. The number of anilines is 1. The average Bonchev–Trinajstić information content (AvgIpc) is 2.83. The molecule has 1 amide bonds. The summed E-state index contributed by atoms with van der Waals surface area (Å²) in [6.45, 7) is -0.503. The molecule has 1 N–H and O–H groups in total. The quantitative estimate of drug-likeness (QED) is 0.393. The molecular formula is C22H22N4O5S. The van der Waals surface area contributed by atoms with Crippen molar-refractivity contribution in [3.63, 3.8) is 0 Å². The number of aromatic nitrogens is 1. The van der Waals surface area contributed by atoms with Crippen molar-refractivity contribution in [2.75, 3.05) is 25.1 Å². The zero-order valence-corrected chi connectivity index (χ0v) is 18.3. The maximum Gasteiger partial charge on any atom is 0.264 e. The van der Waals surface area contributed by atoms with Gasteiger partial charge in [0.15, 0.2) is 11.5 Å². The van der Waals surface area contributed by atoms with Gasteiger partial charge in [-0.05, 0) is 30.3 Å². The van der Waals surface area contributed by atoms with Gasteiger partial charge >= 0.3 is 0 Å². The van der Waals surface area contributed by atoms with E-state index < -0.39 is 22.5 Å². The first-order chi connectivity index (χ1) is 15.5. The van der Waals surface area contributed by atoms with E-state index in [1.807, 2.05) is 0 Å². The third kappa shape index (κ3) is 5.41. The molecule has 1 aromatic heterocycles. The normalized spacial score (nSPS) is 11.2. The van der Waals surface area contributed by atoms with Crippen LogP contribution in [0, 0.1) is 0 Å². The Balaban J connectivity index is 1.90. The molecular weight excluding hydrogens is 432 g/mol. The average molecular weight is 455 g/mol. The molecule has 2 aromatic carbocycles. The van der Waals surface area contributed by atoms with Crippen LogP contribution in [0.4, 0.5) is 5.69 Å². The fourth-order valence-corrected chi connectivity index (χ4v) is 4.25. The van der Waals surface area contributed by atoms with Gasteiger partial charge in [-0.25, -0.2) is 13.8 Å². The Hall–Kier alpha value is -3.92. The molecule has 10 heteroatoms. The molecule has 3 rings (SSSR count). The number of nitrogens with one attached hydrogen (secondary N) is 1. The first-order valence-corrected chi connectivity index (χ1v) is 10.9. The molecule has 0 saturated carbocycles. The maximum absolute atomic E-state index is 13.3. The monoisotopic (exact) mass is 454 g/mol. The van der Waals surface area contributed by atoms with Crippen LogP contribution >= 0.6 is 0 Å². The van der Waals surface area contributed by atoms with Crippen LogP contribution in [0.5, 0.6) is 11.5 Å². The summed E-state index contributed by atoms with van der Waals surface area (Å²) in [6.07, 6.45) is 4.61. The number of hydrogen-bond acceptors (Lipinski definition) is 7. The van der Waals surface area contributed by atoms with Gasteiger partial charge in [0.05, 0.1) is 31.0 Å². The van der Waals surface area contributed by atoms with Crippen LogP contribution in [0.3, 0.4) is 0 Å². The zero-order chi connectivity index (χ0) is 23.0. The highest BCUT2D eigenvalue weighted by atomic mass is 32.2. The first-order valence-electron chi connectivity index (χ1n) is 9.47. The molecule has 32 heavy (non-hydrogen) atoms. The highest BCUT2D eigenvalue weighted by molar-refractivity contribution is 7.92. The summed E-state index contributed by atoms with van der Waals surface area (Å²) >= 11 is 0. The molecule has 1 heterocycles. The van der Waals surface area contributed by atoms with Crippen LogP contribution < -0.4 is 19.2 Å². The lowest BCUT2D eigenvalue weighted by Gasteiger charge is -2.24. The summed E-state index contributed by atoms with van der Waals surface area (Å²) in [5.74, 6) is 0.131. The summed E-state index contributed by atoms with van der Waals surface area (Å²) in [5.41, 5.74) is 3.26. The van der Waals surface area contributed by atoms with Crippen LogP contribution in [0.1, 0.15) is 5.56 Å². The van der Waals surface area contributed by atoms with E-state index in [1.165, 1.54) is 44.7 Å². The topological polar surface area (TPSA) is 110 Å². The highest BCUT2D eigenvalue weighted by Gasteiger charge is 2.28. The number of methoxy groups -OCH3 is 2. The fourth-order valence-electron chi connectivity index (χ4n) is 2.81. The maximum atomic E-state index is 13.3. The van der Waals surface area contributed by atoms with Crippen molar-refractivity contribution in [3.05, 3.63) is 78.6 Å². The van der Waals surface area contributed by atoms with Crippen LogP contribution in [-0.2, 0) is 14.8 Å². The highest BCUT2D eigenvalue weighted by Crippen LogP contribution is 2.33. The minimum absolute atomic E-state index is 0.0430. The van der Waals surface area contributed by atoms with E-state index in [-0.39, 0.29) is 10.6 Å². The predicted molar refractivity (Wildman–Crippen MR) is 120 cm³/mol. The summed E-state index contributed by atoms with van der Waals surface area (Å²) in [7, 11) is -1.14. The molecule has 0 aliphatic rings. The van der Waals surface area contributed by atoms with Crippen LogP contribution in [0.2, 0.25) is 0 Å². The summed E-state index contributed by atoms with van der Waals surface area (Å²) in [4.78, 5) is 16.6. The number of pyridine rings is 1. The predicted octanol–water partition coefficient (Wildman–Crippen LogP) is 2.44. The second kappa shape index (κ2) is 10.4. The lowest BCUT2D eigenvalue weighted by Crippen LogP contribution is -2.39. The molecule has 0 atom stereocenters. The molecule has 0 bridgehead atoms. The van der Waals surface area contributed by atoms with Gasteiger partial charge < -0.3 is 9.47 Å². The van der Waals surface area contributed by atoms with Gasteiger partial charge in [0.2, 0.25) is 0 Å². The Morgan fingerprint density at radius 2 is 1.81 bits per heavy atom. The van der Waals surface area contributed by atoms with Crippen molar-refractivity contribution in [3.8, 4) is 11.5 Å². The molecule has 0 unspecified atom stereocenters. The number of amides is 1.